The number of hydrogen-bond donors (Lipinski definition) is 1. The third-order valence-electron chi connectivity index (χ3n) is 3.94. The molecule has 1 saturated heterocycles. The molecule has 7 nitrogen and oxygen atoms in total. The zero-order valence-electron chi connectivity index (χ0n) is 12.3. The summed E-state index contributed by atoms with van der Waals surface area (Å²) in [7, 11) is 0. The van der Waals surface area contributed by atoms with Crippen molar-refractivity contribution in [2.75, 3.05) is 13.1 Å². The van der Waals surface area contributed by atoms with Gasteiger partial charge in [-0.1, -0.05) is 11.3 Å². The summed E-state index contributed by atoms with van der Waals surface area (Å²) in [5, 5.41) is 16.4. The molecule has 1 fully saturated rings. The Kier molecular flexibility index (Phi) is 4.04. The maximum absolute atomic E-state index is 13.6. The van der Waals surface area contributed by atoms with E-state index in [0.717, 1.165) is 25.1 Å². The molecule has 8 heteroatoms. The molecule has 1 aromatic heterocycles. The average molecular weight is 314 g/mol. The van der Waals surface area contributed by atoms with Crippen molar-refractivity contribution >= 4 is 5.91 Å². The van der Waals surface area contributed by atoms with Crippen LogP contribution in [0.4, 0.5) is 4.39 Å². The van der Waals surface area contributed by atoms with Crippen LogP contribution in [0, 0.1) is 17.1 Å². The summed E-state index contributed by atoms with van der Waals surface area (Å²) >= 11 is 0. The van der Waals surface area contributed by atoms with Gasteiger partial charge in [0.05, 0.1) is 17.8 Å². The second-order valence-corrected chi connectivity index (χ2v) is 5.55. The lowest BCUT2D eigenvalue weighted by molar-refractivity contribution is 0.0995. The van der Waals surface area contributed by atoms with Gasteiger partial charge in [-0.15, -0.1) is 5.10 Å². The Balaban J connectivity index is 1.64. The highest BCUT2D eigenvalue weighted by Crippen LogP contribution is 2.23. The van der Waals surface area contributed by atoms with Gasteiger partial charge >= 0.3 is 0 Å². The number of carbonyl (C=O) groups is 1. The number of nitriles is 1. The number of aromatic nitrogens is 3. The highest BCUT2D eigenvalue weighted by molar-refractivity contribution is 5.90. The van der Waals surface area contributed by atoms with Crippen LogP contribution in [-0.2, 0) is 6.54 Å². The Labute approximate surface area is 132 Å². The van der Waals surface area contributed by atoms with E-state index in [0.29, 0.717) is 6.54 Å². The maximum atomic E-state index is 13.6. The number of primary amides is 1. The van der Waals surface area contributed by atoms with Gasteiger partial charge in [-0.3, -0.25) is 9.69 Å². The number of halogens is 1. The van der Waals surface area contributed by atoms with Gasteiger partial charge in [0.1, 0.15) is 11.9 Å². The van der Waals surface area contributed by atoms with Gasteiger partial charge in [0, 0.05) is 19.6 Å². The van der Waals surface area contributed by atoms with Crippen LogP contribution in [0.25, 0.3) is 0 Å². The average Bonchev–Trinajstić information content (AvgIpc) is 3.16. The molecule has 2 N–H and O–H groups in total. The predicted octanol–water partition coefficient (Wildman–Crippen LogP) is 0.835. The van der Waals surface area contributed by atoms with Crippen LogP contribution in [0.3, 0.4) is 0 Å². The smallest absolute Gasteiger partial charge is 0.270 e. The minimum atomic E-state index is -0.598. The fraction of sp³-hybridized carbons (Fsp3) is 0.333. The molecule has 1 unspecified atom stereocenters. The van der Waals surface area contributed by atoms with E-state index in [4.69, 9.17) is 11.0 Å². The quantitative estimate of drug-likeness (QED) is 0.901. The van der Waals surface area contributed by atoms with E-state index in [1.54, 1.807) is 16.9 Å². The van der Waals surface area contributed by atoms with Gasteiger partial charge in [-0.25, -0.2) is 9.07 Å². The van der Waals surface area contributed by atoms with Crippen molar-refractivity contribution in [2.24, 2.45) is 5.73 Å². The molecular weight excluding hydrogens is 299 g/mol. The number of likely N-dealkylation sites (tertiary alicyclic amines) is 1. The topological polar surface area (TPSA) is 101 Å². The molecule has 1 atom stereocenters. The third kappa shape index (κ3) is 3.19. The Morgan fingerprint density at radius 2 is 2.35 bits per heavy atom. The van der Waals surface area contributed by atoms with E-state index in [-0.39, 0.29) is 17.3 Å². The van der Waals surface area contributed by atoms with Crippen molar-refractivity contribution in [1.82, 2.24) is 19.9 Å². The summed E-state index contributed by atoms with van der Waals surface area (Å²) in [5.41, 5.74) is 6.19. The van der Waals surface area contributed by atoms with Crippen LogP contribution < -0.4 is 5.73 Å². The van der Waals surface area contributed by atoms with Gasteiger partial charge in [-0.05, 0) is 24.1 Å². The molecule has 3 rings (SSSR count). The maximum Gasteiger partial charge on any atom is 0.270 e. The van der Waals surface area contributed by atoms with E-state index in [1.807, 2.05) is 6.07 Å². The summed E-state index contributed by atoms with van der Waals surface area (Å²) in [5.74, 6) is -1.10. The van der Waals surface area contributed by atoms with Crippen molar-refractivity contribution in [3.63, 3.8) is 0 Å². The second kappa shape index (κ2) is 6.14. The first-order valence-corrected chi connectivity index (χ1v) is 7.19. The molecule has 0 saturated carbocycles. The van der Waals surface area contributed by atoms with E-state index in [9.17, 15) is 9.18 Å². The minimum absolute atomic E-state index is 0.0506. The van der Waals surface area contributed by atoms with Crippen LogP contribution in [0.1, 0.15) is 34.1 Å². The number of carbonyl (C=O) groups excluding carboxylic acids is 1. The minimum Gasteiger partial charge on any atom is -0.364 e. The van der Waals surface area contributed by atoms with E-state index in [2.05, 4.69) is 15.2 Å². The fourth-order valence-electron chi connectivity index (χ4n) is 2.75. The Morgan fingerprint density at radius 1 is 1.52 bits per heavy atom. The van der Waals surface area contributed by atoms with E-state index in [1.165, 1.54) is 12.1 Å². The Bertz CT molecular complexity index is 781. The van der Waals surface area contributed by atoms with Crippen molar-refractivity contribution < 1.29 is 9.18 Å². The predicted molar refractivity (Wildman–Crippen MR) is 78.6 cm³/mol. The molecule has 1 aromatic carbocycles. The third-order valence-corrected chi connectivity index (χ3v) is 3.94. The molecule has 1 amide bonds. The normalized spacial score (nSPS) is 18.0. The SMILES string of the molecule is N#Cc1ccc(CN2CCC(n3cc(C(N)=O)nn3)C2)cc1F. The summed E-state index contributed by atoms with van der Waals surface area (Å²) < 4.78 is 15.3. The molecule has 0 aliphatic carbocycles. The lowest BCUT2D eigenvalue weighted by atomic mass is 10.1. The highest BCUT2D eigenvalue weighted by Gasteiger charge is 2.25. The standard InChI is InChI=1S/C15H15FN6O/c16-13-5-10(1-2-11(13)6-17)7-21-4-3-12(8-21)22-9-14(15(18)23)19-20-22/h1-2,5,9,12H,3-4,7-8H2,(H2,18,23). The van der Waals surface area contributed by atoms with Crippen LogP contribution >= 0.6 is 0 Å². The first-order chi connectivity index (χ1) is 11.1. The zero-order chi connectivity index (χ0) is 16.4. The van der Waals surface area contributed by atoms with Gasteiger partial charge in [0.15, 0.2) is 5.69 Å². The van der Waals surface area contributed by atoms with Crippen LogP contribution in [0.2, 0.25) is 0 Å². The molecule has 2 aromatic rings. The number of hydrogen-bond acceptors (Lipinski definition) is 5. The van der Waals surface area contributed by atoms with Crippen molar-refractivity contribution in [3.8, 4) is 6.07 Å². The summed E-state index contributed by atoms with van der Waals surface area (Å²) in [6.07, 6.45) is 2.41. The Morgan fingerprint density at radius 3 is 3.00 bits per heavy atom. The number of rotatable bonds is 4. The molecule has 118 valence electrons. The van der Waals surface area contributed by atoms with E-state index >= 15 is 0 Å². The fourth-order valence-corrected chi connectivity index (χ4v) is 2.75. The molecule has 2 heterocycles. The van der Waals surface area contributed by atoms with Gasteiger partial charge in [0.2, 0.25) is 0 Å². The van der Waals surface area contributed by atoms with Crippen molar-refractivity contribution in [3.05, 3.63) is 47.0 Å². The number of amides is 1. The first kappa shape index (κ1) is 15.1. The van der Waals surface area contributed by atoms with Crippen LogP contribution in [0.15, 0.2) is 24.4 Å². The summed E-state index contributed by atoms with van der Waals surface area (Å²) in [4.78, 5) is 13.2. The molecule has 1 aliphatic rings. The summed E-state index contributed by atoms with van der Waals surface area (Å²) in [6, 6.07) is 6.57. The molecular formula is C15H15FN6O. The molecule has 0 bridgehead atoms. The number of nitrogens with two attached hydrogens (primary N) is 1. The van der Waals surface area contributed by atoms with E-state index < -0.39 is 11.7 Å². The largest absolute Gasteiger partial charge is 0.364 e. The molecule has 0 radical (unpaired) electrons. The molecule has 23 heavy (non-hydrogen) atoms. The Hall–Kier alpha value is -2.79. The zero-order valence-corrected chi connectivity index (χ0v) is 12.3. The van der Waals surface area contributed by atoms with Crippen LogP contribution in [-0.4, -0.2) is 38.9 Å². The summed E-state index contributed by atoms with van der Waals surface area (Å²) in [6.45, 7) is 2.15. The number of nitrogens with zero attached hydrogens (tertiary/aromatic N) is 5. The van der Waals surface area contributed by atoms with Crippen LogP contribution in [0.5, 0.6) is 0 Å². The number of benzene rings is 1. The second-order valence-electron chi connectivity index (χ2n) is 5.55. The lowest BCUT2D eigenvalue weighted by Gasteiger charge is -2.16. The van der Waals surface area contributed by atoms with Gasteiger partial charge in [0.25, 0.3) is 5.91 Å². The molecule has 0 spiro atoms. The van der Waals surface area contributed by atoms with Gasteiger partial charge < -0.3 is 5.73 Å². The first-order valence-electron chi connectivity index (χ1n) is 7.19. The monoisotopic (exact) mass is 314 g/mol. The molecule has 1 aliphatic heterocycles. The van der Waals surface area contributed by atoms with Crippen molar-refractivity contribution in [2.45, 2.75) is 19.0 Å². The highest BCUT2D eigenvalue weighted by atomic mass is 19.1. The van der Waals surface area contributed by atoms with Crippen molar-refractivity contribution in [1.29, 1.82) is 5.26 Å². The lowest BCUT2D eigenvalue weighted by Crippen LogP contribution is -2.21. The van der Waals surface area contributed by atoms with Gasteiger partial charge in [-0.2, -0.15) is 5.26 Å².